The molecule has 1 N–H and O–H groups in total. The molecule has 1 aromatic carbocycles. The van der Waals surface area contributed by atoms with Gasteiger partial charge >= 0.3 is 12.1 Å². The number of para-hydroxylation sites is 2. The van der Waals surface area contributed by atoms with Crippen LogP contribution < -0.4 is 10.1 Å². The molecule has 7 heteroatoms. The van der Waals surface area contributed by atoms with E-state index in [0.29, 0.717) is 31.1 Å². The number of benzene rings is 1. The summed E-state index contributed by atoms with van der Waals surface area (Å²) >= 11 is 0. The summed E-state index contributed by atoms with van der Waals surface area (Å²) in [6.07, 6.45) is 5.75. The minimum absolute atomic E-state index is 0.102. The van der Waals surface area contributed by atoms with Crippen LogP contribution in [0.3, 0.4) is 0 Å². The van der Waals surface area contributed by atoms with Gasteiger partial charge in [0.25, 0.3) is 0 Å². The van der Waals surface area contributed by atoms with Crippen LogP contribution in [0, 0.1) is 5.41 Å². The number of nitrogens with one attached hydrogen (secondary N) is 1. The number of piperidine rings is 1. The van der Waals surface area contributed by atoms with Gasteiger partial charge in [0.2, 0.25) is 0 Å². The maximum Gasteiger partial charge on any atom is 0.409 e. The lowest BCUT2D eigenvalue weighted by Crippen LogP contribution is -2.46. The van der Waals surface area contributed by atoms with E-state index < -0.39 is 0 Å². The number of methoxy groups -OCH3 is 1. The molecule has 0 radical (unpaired) electrons. The second-order valence-corrected chi connectivity index (χ2v) is 8.11. The largest absolute Gasteiger partial charge is 0.495 e. The second-order valence-electron chi connectivity index (χ2n) is 8.11. The number of hydrogen-bond acceptors (Lipinski definition) is 4. The van der Waals surface area contributed by atoms with Gasteiger partial charge < -0.3 is 24.6 Å². The molecule has 2 aliphatic heterocycles. The Morgan fingerprint density at radius 1 is 1.07 bits per heavy atom. The smallest absolute Gasteiger partial charge is 0.409 e. The molecule has 0 aromatic heterocycles. The predicted molar refractivity (Wildman–Crippen MR) is 112 cm³/mol. The van der Waals surface area contributed by atoms with Gasteiger partial charge in [0.1, 0.15) is 5.75 Å². The Kier molecular flexibility index (Phi) is 7.23. The Morgan fingerprint density at radius 2 is 1.76 bits per heavy atom. The third kappa shape index (κ3) is 5.34. The van der Waals surface area contributed by atoms with E-state index in [1.165, 1.54) is 0 Å². The number of unbranched alkanes of at least 4 members (excludes halogenated alkanes) is 2. The van der Waals surface area contributed by atoms with E-state index in [0.717, 1.165) is 51.6 Å². The van der Waals surface area contributed by atoms with Crippen molar-refractivity contribution in [3.05, 3.63) is 24.3 Å². The van der Waals surface area contributed by atoms with Crippen LogP contribution in [0.4, 0.5) is 15.3 Å². The highest BCUT2D eigenvalue weighted by Crippen LogP contribution is 2.40. The van der Waals surface area contributed by atoms with Gasteiger partial charge in [-0.05, 0) is 43.2 Å². The number of ether oxygens (including phenoxy) is 2. The molecule has 7 nitrogen and oxygen atoms in total. The molecule has 0 atom stereocenters. The lowest BCUT2D eigenvalue weighted by atomic mass is 9.78. The monoisotopic (exact) mass is 403 g/mol. The summed E-state index contributed by atoms with van der Waals surface area (Å²) in [6, 6.07) is 7.31. The zero-order valence-electron chi connectivity index (χ0n) is 17.6. The molecular formula is C22H33N3O4. The number of hydrogen-bond donors (Lipinski definition) is 1. The summed E-state index contributed by atoms with van der Waals surface area (Å²) in [5.41, 5.74) is 0.794. The summed E-state index contributed by atoms with van der Waals surface area (Å²) < 4.78 is 10.7. The Labute approximate surface area is 173 Å². The first kappa shape index (κ1) is 21.3. The third-order valence-corrected chi connectivity index (χ3v) is 6.13. The Bertz CT molecular complexity index is 701. The molecule has 2 aliphatic rings. The zero-order valence-corrected chi connectivity index (χ0v) is 17.6. The first-order valence-corrected chi connectivity index (χ1v) is 10.7. The van der Waals surface area contributed by atoms with Crippen molar-refractivity contribution in [1.82, 2.24) is 9.80 Å². The zero-order chi connectivity index (χ0) is 20.7. The van der Waals surface area contributed by atoms with Crippen molar-refractivity contribution < 1.29 is 19.1 Å². The lowest BCUT2D eigenvalue weighted by Gasteiger charge is -2.39. The van der Waals surface area contributed by atoms with Crippen LogP contribution in [0.1, 0.15) is 45.4 Å². The molecule has 3 amide bonds. The topological polar surface area (TPSA) is 71.1 Å². The van der Waals surface area contributed by atoms with Gasteiger partial charge in [-0.1, -0.05) is 31.9 Å². The van der Waals surface area contributed by atoms with Crippen molar-refractivity contribution in [2.75, 3.05) is 45.2 Å². The molecule has 29 heavy (non-hydrogen) atoms. The number of carbonyl (C=O) groups is 2. The fourth-order valence-corrected chi connectivity index (χ4v) is 4.23. The number of anilines is 1. The van der Waals surface area contributed by atoms with Crippen LogP contribution in [0.25, 0.3) is 0 Å². The number of rotatable bonds is 6. The van der Waals surface area contributed by atoms with E-state index in [1.807, 2.05) is 34.1 Å². The number of amides is 3. The molecule has 1 aromatic rings. The molecule has 2 saturated heterocycles. The van der Waals surface area contributed by atoms with Crippen molar-refractivity contribution >= 4 is 17.8 Å². The highest BCUT2D eigenvalue weighted by molar-refractivity contribution is 5.91. The number of carbonyl (C=O) groups excluding carboxylic acids is 2. The predicted octanol–water partition coefficient (Wildman–Crippen LogP) is 4.34. The number of urea groups is 1. The lowest BCUT2D eigenvalue weighted by molar-refractivity contribution is 0.0932. The van der Waals surface area contributed by atoms with Crippen LogP contribution in [0.5, 0.6) is 5.75 Å². The molecular weight excluding hydrogens is 370 g/mol. The summed E-state index contributed by atoms with van der Waals surface area (Å²) in [5.74, 6) is 0.651. The minimum Gasteiger partial charge on any atom is -0.495 e. The fraction of sp³-hybridized carbons (Fsp3) is 0.636. The van der Waals surface area contributed by atoms with Crippen molar-refractivity contribution in [1.29, 1.82) is 0 Å². The van der Waals surface area contributed by atoms with Gasteiger partial charge in [0, 0.05) is 26.2 Å². The van der Waals surface area contributed by atoms with Crippen molar-refractivity contribution in [3.63, 3.8) is 0 Å². The van der Waals surface area contributed by atoms with Crippen LogP contribution in [-0.4, -0.2) is 61.8 Å². The highest BCUT2D eigenvalue weighted by atomic mass is 16.6. The van der Waals surface area contributed by atoms with E-state index >= 15 is 0 Å². The molecule has 0 unspecified atom stereocenters. The highest BCUT2D eigenvalue weighted by Gasteiger charge is 2.43. The first-order chi connectivity index (χ1) is 14.1. The molecule has 0 bridgehead atoms. The maximum atomic E-state index is 12.7. The van der Waals surface area contributed by atoms with Crippen LogP contribution in [0.15, 0.2) is 24.3 Å². The molecule has 2 fully saturated rings. The quantitative estimate of drug-likeness (QED) is 0.717. The Balaban J connectivity index is 1.46. The molecule has 0 saturated carbocycles. The van der Waals surface area contributed by atoms with Gasteiger partial charge in [0.15, 0.2) is 0 Å². The summed E-state index contributed by atoms with van der Waals surface area (Å²) in [6.45, 7) is 5.52. The Morgan fingerprint density at radius 3 is 2.45 bits per heavy atom. The van der Waals surface area contributed by atoms with Gasteiger partial charge in [-0.15, -0.1) is 0 Å². The second kappa shape index (κ2) is 9.85. The van der Waals surface area contributed by atoms with E-state index in [1.54, 1.807) is 7.11 Å². The molecule has 3 rings (SSSR count). The fourth-order valence-electron chi connectivity index (χ4n) is 4.23. The van der Waals surface area contributed by atoms with Gasteiger partial charge in [-0.2, -0.15) is 0 Å². The SMILES string of the molecule is CCCCCOC(=O)N1CCC2(CCN(C(=O)Nc3ccccc3OC)CC2)C1. The molecule has 2 heterocycles. The third-order valence-electron chi connectivity index (χ3n) is 6.13. The molecule has 1 spiro atoms. The van der Waals surface area contributed by atoms with Crippen molar-refractivity contribution in [2.24, 2.45) is 5.41 Å². The summed E-state index contributed by atoms with van der Waals surface area (Å²) in [4.78, 5) is 28.6. The van der Waals surface area contributed by atoms with Gasteiger partial charge in [-0.25, -0.2) is 9.59 Å². The van der Waals surface area contributed by atoms with E-state index in [4.69, 9.17) is 9.47 Å². The van der Waals surface area contributed by atoms with Gasteiger partial charge in [-0.3, -0.25) is 0 Å². The summed E-state index contributed by atoms with van der Waals surface area (Å²) in [5, 5.41) is 2.95. The van der Waals surface area contributed by atoms with Crippen LogP contribution >= 0.6 is 0 Å². The molecule has 160 valence electrons. The van der Waals surface area contributed by atoms with Gasteiger partial charge in [0.05, 0.1) is 19.4 Å². The number of nitrogens with zero attached hydrogens (tertiary/aromatic N) is 2. The van der Waals surface area contributed by atoms with Crippen LogP contribution in [-0.2, 0) is 4.74 Å². The first-order valence-electron chi connectivity index (χ1n) is 10.7. The van der Waals surface area contributed by atoms with Crippen molar-refractivity contribution in [2.45, 2.75) is 45.4 Å². The standard InChI is InChI=1S/C22H33N3O4/c1-3-4-7-16-29-21(27)25-15-12-22(17-25)10-13-24(14-11-22)20(26)23-18-8-5-6-9-19(18)28-2/h5-6,8-9H,3-4,7,10-17H2,1-2H3,(H,23,26). The maximum absolute atomic E-state index is 12.7. The number of likely N-dealkylation sites (tertiary alicyclic amines) is 2. The Hall–Kier alpha value is -2.44. The van der Waals surface area contributed by atoms with Crippen LogP contribution in [0.2, 0.25) is 0 Å². The average Bonchev–Trinajstić information content (AvgIpc) is 3.15. The van der Waals surface area contributed by atoms with E-state index in [9.17, 15) is 9.59 Å². The molecule has 0 aliphatic carbocycles. The van der Waals surface area contributed by atoms with E-state index in [2.05, 4.69) is 12.2 Å². The minimum atomic E-state index is -0.186. The summed E-state index contributed by atoms with van der Waals surface area (Å²) in [7, 11) is 1.59. The van der Waals surface area contributed by atoms with E-state index in [-0.39, 0.29) is 17.5 Å². The normalized spacial score (nSPS) is 18.0. The van der Waals surface area contributed by atoms with Crippen molar-refractivity contribution in [3.8, 4) is 5.75 Å². The average molecular weight is 404 g/mol.